The summed E-state index contributed by atoms with van der Waals surface area (Å²) in [6.45, 7) is 3.00. The van der Waals surface area contributed by atoms with Crippen molar-refractivity contribution in [2.24, 2.45) is 0 Å². The van der Waals surface area contributed by atoms with Gasteiger partial charge >= 0.3 is 0 Å². The number of anilines is 2. The SMILES string of the molecule is c1ccc2c(CCNc3ccnc(N4CCCCCC4)n3)c[nH]c2c1. The Kier molecular flexibility index (Phi) is 4.81. The summed E-state index contributed by atoms with van der Waals surface area (Å²) >= 11 is 0. The molecule has 0 atom stereocenters. The highest BCUT2D eigenvalue weighted by atomic mass is 15.3. The van der Waals surface area contributed by atoms with Crippen molar-refractivity contribution in [3.63, 3.8) is 0 Å². The number of hydrogen-bond acceptors (Lipinski definition) is 4. The molecule has 3 heterocycles. The second kappa shape index (κ2) is 7.55. The summed E-state index contributed by atoms with van der Waals surface area (Å²) in [5.41, 5.74) is 2.54. The third-order valence-corrected chi connectivity index (χ3v) is 4.91. The third kappa shape index (κ3) is 3.76. The van der Waals surface area contributed by atoms with Crippen LogP contribution < -0.4 is 10.2 Å². The monoisotopic (exact) mass is 335 g/mol. The van der Waals surface area contributed by atoms with Gasteiger partial charge in [-0.25, -0.2) is 4.98 Å². The summed E-state index contributed by atoms with van der Waals surface area (Å²) in [7, 11) is 0. The molecule has 1 aliphatic heterocycles. The number of H-pyrrole nitrogens is 1. The molecule has 5 nitrogen and oxygen atoms in total. The standard InChI is InChI=1S/C20H25N5/c1-2-6-14-25(13-5-1)20-22-12-10-19(24-20)21-11-9-16-15-23-18-8-4-3-7-17(16)18/h3-4,7-8,10,12,15,23H,1-2,5-6,9,11,13-14H2,(H,21,22,24). The van der Waals surface area contributed by atoms with E-state index < -0.39 is 0 Å². The Hall–Kier alpha value is -2.56. The maximum Gasteiger partial charge on any atom is 0.227 e. The van der Waals surface area contributed by atoms with Crippen molar-refractivity contribution in [1.29, 1.82) is 0 Å². The van der Waals surface area contributed by atoms with E-state index in [9.17, 15) is 0 Å². The average molecular weight is 335 g/mol. The van der Waals surface area contributed by atoms with Crippen molar-refractivity contribution in [3.8, 4) is 0 Å². The van der Waals surface area contributed by atoms with E-state index in [1.807, 2.05) is 12.3 Å². The van der Waals surface area contributed by atoms with Crippen LogP contribution in [-0.4, -0.2) is 34.6 Å². The molecule has 4 rings (SSSR count). The van der Waals surface area contributed by atoms with Gasteiger partial charge in [0, 0.05) is 42.9 Å². The van der Waals surface area contributed by atoms with Crippen LogP contribution in [0.2, 0.25) is 0 Å². The molecule has 0 bridgehead atoms. The molecule has 0 aliphatic carbocycles. The Morgan fingerprint density at radius 2 is 1.88 bits per heavy atom. The molecule has 1 fully saturated rings. The number of nitrogens with one attached hydrogen (secondary N) is 2. The minimum atomic E-state index is 0.859. The van der Waals surface area contributed by atoms with Crippen LogP contribution in [0.4, 0.5) is 11.8 Å². The zero-order chi connectivity index (χ0) is 16.9. The van der Waals surface area contributed by atoms with Gasteiger partial charge < -0.3 is 15.2 Å². The van der Waals surface area contributed by atoms with Crippen molar-refractivity contribution >= 4 is 22.7 Å². The first-order valence-electron chi connectivity index (χ1n) is 9.27. The molecule has 25 heavy (non-hydrogen) atoms. The fourth-order valence-electron chi connectivity index (χ4n) is 3.53. The summed E-state index contributed by atoms with van der Waals surface area (Å²) in [4.78, 5) is 14.8. The number of fused-ring (bicyclic) bond motifs is 1. The topological polar surface area (TPSA) is 56.8 Å². The van der Waals surface area contributed by atoms with Crippen LogP contribution in [0.5, 0.6) is 0 Å². The van der Waals surface area contributed by atoms with E-state index in [1.165, 1.54) is 42.1 Å². The van der Waals surface area contributed by atoms with E-state index in [1.54, 1.807) is 0 Å². The lowest BCUT2D eigenvalue weighted by atomic mass is 10.1. The van der Waals surface area contributed by atoms with Gasteiger partial charge in [-0.2, -0.15) is 4.98 Å². The van der Waals surface area contributed by atoms with E-state index in [0.29, 0.717) is 0 Å². The van der Waals surface area contributed by atoms with Crippen LogP contribution in [0.3, 0.4) is 0 Å². The smallest absolute Gasteiger partial charge is 0.227 e. The molecular formula is C20H25N5. The molecule has 1 aliphatic rings. The summed E-state index contributed by atoms with van der Waals surface area (Å²) in [5, 5.41) is 4.75. The lowest BCUT2D eigenvalue weighted by Gasteiger charge is -2.20. The lowest BCUT2D eigenvalue weighted by Crippen LogP contribution is -2.26. The molecule has 0 spiro atoms. The van der Waals surface area contributed by atoms with Crippen molar-refractivity contribution in [1.82, 2.24) is 15.0 Å². The molecule has 3 aromatic rings. The Balaban J connectivity index is 1.38. The van der Waals surface area contributed by atoms with E-state index in [4.69, 9.17) is 4.98 Å². The van der Waals surface area contributed by atoms with Gasteiger partial charge in [-0.05, 0) is 37.0 Å². The van der Waals surface area contributed by atoms with Gasteiger partial charge in [-0.3, -0.25) is 0 Å². The largest absolute Gasteiger partial charge is 0.370 e. The fraction of sp³-hybridized carbons (Fsp3) is 0.400. The predicted molar refractivity (Wildman–Crippen MR) is 103 cm³/mol. The van der Waals surface area contributed by atoms with Gasteiger partial charge in [0.15, 0.2) is 0 Å². The highest BCUT2D eigenvalue weighted by molar-refractivity contribution is 5.83. The number of benzene rings is 1. The zero-order valence-corrected chi connectivity index (χ0v) is 14.5. The predicted octanol–water partition coefficient (Wildman–Crippen LogP) is 3.99. The molecule has 1 saturated heterocycles. The highest BCUT2D eigenvalue weighted by Crippen LogP contribution is 2.19. The molecule has 2 N–H and O–H groups in total. The summed E-state index contributed by atoms with van der Waals surface area (Å²) in [5.74, 6) is 1.77. The van der Waals surface area contributed by atoms with Gasteiger partial charge in [0.25, 0.3) is 0 Å². The Morgan fingerprint density at radius 3 is 2.76 bits per heavy atom. The van der Waals surface area contributed by atoms with Gasteiger partial charge in [-0.15, -0.1) is 0 Å². The first kappa shape index (κ1) is 15.9. The van der Waals surface area contributed by atoms with Gasteiger partial charge in [0.2, 0.25) is 5.95 Å². The van der Waals surface area contributed by atoms with Crippen molar-refractivity contribution in [2.75, 3.05) is 29.9 Å². The Labute approximate surface area is 148 Å². The first-order chi connectivity index (χ1) is 12.4. The van der Waals surface area contributed by atoms with Gasteiger partial charge in [0.05, 0.1) is 0 Å². The summed E-state index contributed by atoms with van der Waals surface area (Å²) < 4.78 is 0. The molecular weight excluding hydrogens is 310 g/mol. The quantitative estimate of drug-likeness (QED) is 0.740. The van der Waals surface area contributed by atoms with Crippen LogP contribution in [0, 0.1) is 0 Å². The van der Waals surface area contributed by atoms with Crippen LogP contribution in [0.25, 0.3) is 10.9 Å². The van der Waals surface area contributed by atoms with Crippen molar-refractivity contribution < 1.29 is 0 Å². The molecule has 0 unspecified atom stereocenters. The average Bonchev–Trinajstić information content (AvgIpc) is 2.88. The second-order valence-electron chi connectivity index (χ2n) is 6.68. The molecule has 2 aromatic heterocycles. The summed E-state index contributed by atoms with van der Waals surface area (Å²) in [6.07, 6.45) is 10.0. The minimum absolute atomic E-state index is 0.859. The Morgan fingerprint density at radius 1 is 1.04 bits per heavy atom. The van der Waals surface area contributed by atoms with E-state index in [-0.39, 0.29) is 0 Å². The first-order valence-corrected chi connectivity index (χ1v) is 9.27. The number of nitrogens with zero attached hydrogens (tertiary/aromatic N) is 3. The normalized spacial score (nSPS) is 15.3. The lowest BCUT2D eigenvalue weighted by molar-refractivity contribution is 0.726. The van der Waals surface area contributed by atoms with Gasteiger partial charge in [0.1, 0.15) is 5.82 Å². The number of rotatable bonds is 5. The summed E-state index contributed by atoms with van der Waals surface area (Å²) in [6, 6.07) is 10.4. The number of hydrogen-bond donors (Lipinski definition) is 2. The van der Waals surface area contributed by atoms with E-state index in [0.717, 1.165) is 37.8 Å². The number of aromatic amines is 1. The van der Waals surface area contributed by atoms with Crippen molar-refractivity contribution in [2.45, 2.75) is 32.1 Å². The van der Waals surface area contributed by atoms with E-state index >= 15 is 0 Å². The Bertz CT molecular complexity index is 818. The van der Waals surface area contributed by atoms with Crippen LogP contribution in [-0.2, 0) is 6.42 Å². The van der Waals surface area contributed by atoms with Crippen LogP contribution >= 0.6 is 0 Å². The van der Waals surface area contributed by atoms with Crippen LogP contribution in [0.1, 0.15) is 31.2 Å². The van der Waals surface area contributed by atoms with E-state index in [2.05, 4.69) is 50.6 Å². The third-order valence-electron chi connectivity index (χ3n) is 4.91. The molecule has 1 aromatic carbocycles. The molecule has 0 radical (unpaired) electrons. The minimum Gasteiger partial charge on any atom is -0.370 e. The van der Waals surface area contributed by atoms with Crippen LogP contribution in [0.15, 0.2) is 42.7 Å². The zero-order valence-electron chi connectivity index (χ0n) is 14.5. The molecule has 5 heteroatoms. The molecule has 0 amide bonds. The maximum atomic E-state index is 4.72. The molecule has 0 saturated carbocycles. The second-order valence-corrected chi connectivity index (χ2v) is 6.68. The highest BCUT2D eigenvalue weighted by Gasteiger charge is 2.12. The van der Waals surface area contributed by atoms with Crippen molar-refractivity contribution in [3.05, 3.63) is 48.3 Å². The van der Waals surface area contributed by atoms with Gasteiger partial charge in [-0.1, -0.05) is 31.0 Å². The maximum absolute atomic E-state index is 4.72. The molecule has 130 valence electrons. The number of aromatic nitrogens is 3. The fourth-order valence-corrected chi connectivity index (χ4v) is 3.53. The number of para-hydroxylation sites is 1.